The monoisotopic (exact) mass is 399 g/mol. The molecule has 3 heterocycles. The van der Waals surface area contributed by atoms with Crippen LogP contribution in [0.5, 0.6) is 11.5 Å². The molecule has 0 saturated heterocycles. The molecule has 1 amide bonds. The number of carbonyl (C=O) groups is 1. The standard InChI is InChI=1S/C18H17N5O4S/c1-2-20-16(24)13-8-10-15(21-18(19)22-17(10)28-13)14(23-25)9-3-4-11-12(7-9)27-6-5-26-11/h3-4,7-8,25H,2,5-6H2,1H3,(H,20,24)(H2,19,21,22)/b23-14+. The van der Waals surface area contributed by atoms with Crippen molar-refractivity contribution in [3.05, 3.63) is 40.4 Å². The Balaban J connectivity index is 1.83. The lowest BCUT2D eigenvalue weighted by atomic mass is 10.0. The van der Waals surface area contributed by atoms with Crippen molar-refractivity contribution in [1.29, 1.82) is 0 Å². The number of nitrogens with zero attached hydrogens (tertiary/aromatic N) is 3. The number of rotatable bonds is 4. The van der Waals surface area contributed by atoms with Crippen molar-refractivity contribution in [3.63, 3.8) is 0 Å². The number of aromatic nitrogens is 2. The molecule has 2 aromatic heterocycles. The summed E-state index contributed by atoms with van der Waals surface area (Å²) in [4.78, 5) is 21.7. The number of hydrogen-bond acceptors (Lipinski definition) is 9. The quantitative estimate of drug-likeness (QED) is 0.347. The lowest BCUT2D eigenvalue weighted by Crippen LogP contribution is -2.21. The van der Waals surface area contributed by atoms with Gasteiger partial charge in [0.1, 0.15) is 29.4 Å². The first kappa shape index (κ1) is 18.0. The van der Waals surface area contributed by atoms with Crippen LogP contribution in [0.2, 0.25) is 0 Å². The Bertz CT molecular complexity index is 1100. The number of thiophene rings is 1. The number of benzene rings is 1. The van der Waals surface area contributed by atoms with Gasteiger partial charge in [-0.1, -0.05) is 5.16 Å². The molecule has 0 atom stereocenters. The molecule has 0 unspecified atom stereocenters. The zero-order chi connectivity index (χ0) is 19.7. The highest BCUT2D eigenvalue weighted by molar-refractivity contribution is 7.20. The van der Waals surface area contributed by atoms with Crippen LogP contribution >= 0.6 is 11.3 Å². The molecule has 144 valence electrons. The molecule has 0 bridgehead atoms. The van der Waals surface area contributed by atoms with Crippen LogP contribution in [0.15, 0.2) is 29.4 Å². The molecular weight excluding hydrogens is 382 g/mol. The number of carbonyl (C=O) groups excluding carboxylic acids is 1. The summed E-state index contributed by atoms with van der Waals surface area (Å²) in [5, 5.41) is 16.5. The molecule has 3 aromatic rings. The van der Waals surface area contributed by atoms with Gasteiger partial charge >= 0.3 is 0 Å². The summed E-state index contributed by atoms with van der Waals surface area (Å²) in [6, 6.07) is 6.86. The maximum Gasteiger partial charge on any atom is 0.261 e. The summed E-state index contributed by atoms with van der Waals surface area (Å²) in [5.74, 6) is 0.979. The normalized spacial score (nSPS) is 13.5. The van der Waals surface area contributed by atoms with Crippen molar-refractivity contribution in [3.8, 4) is 11.5 Å². The number of nitrogens with two attached hydrogens (primary N) is 1. The highest BCUT2D eigenvalue weighted by Gasteiger charge is 2.21. The molecule has 0 saturated carbocycles. The first-order chi connectivity index (χ1) is 13.6. The second kappa shape index (κ2) is 7.31. The maximum absolute atomic E-state index is 12.2. The SMILES string of the molecule is CCNC(=O)c1cc2c(/C(=N/O)c3ccc4c(c3)OCCO4)nc(N)nc2s1. The number of fused-ring (bicyclic) bond motifs is 2. The van der Waals surface area contributed by atoms with E-state index in [0.29, 0.717) is 57.6 Å². The summed E-state index contributed by atoms with van der Waals surface area (Å²) in [5.41, 5.74) is 6.94. The minimum absolute atomic E-state index is 0.0190. The molecule has 0 radical (unpaired) electrons. The van der Waals surface area contributed by atoms with E-state index in [4.69, 9.17) is 15.2 Å². The van der Waals surface area contributed by atoms with Gasteiger partial charge in [-0.25, -0.2) is 9.97 Å². The second-order valence-corrected chi connectivity index (χ2v) is 6.96. The minimum atomic E-state index is -0.211. The average molecular weight is 399 g/mol. The third-order valence-electron chi connectivity index (χ3n) is 4.11. The third-order valence-corrected chi connectivity index (χ3v) is 5.14. The van der Waals surface area contributed by atoms with Crippen LogP contribution in [0, 0.1) is 0 Å². The van der Waals surface area contributed by atoms with Gasteiger partial charge in [-0.15, -0.1) is 11.3 Å². The Hall–Kier alpha value is -3.40. The van der Waals surface area contributed by atoms with E-state index in [2.05, 4.69) is 20.4 Å². The Morgan fingerprint density at radius 1 is 1.29 bits per heavy atom. The zero-order valence-electron chi connectivity index (χ0n) is 14.9. The van der Waals surface area contributed by atoms with Crippen molar-refractivity contribution in [2.75, 3.05) is 25.5 Å². The number of oxime groups is 1. The number of hydrogen-bond donors (Lipinski definition) is 3. The molecule has 0 spiro atoms. The topological polar surface area (TPSA) is 132 Å². The van der Waals surface area contributed by atoms with Crippen molar-refractivity contribution >= 4 is 39.1 Å². The van der Waals surface area contributed by atoms with Gasteiger partial charge in [0, 0.05) is 17.5 Å². The second-order valence-electron chi connectivity index (χ2n) is 5.93. The Kier molecular flexibility index (Phi) is 4.70. The third kappa shape index (κ3) is 3.18. The van der Waals surface area contributed by atoms with Crippen molar-refractivity contribution in [2.45, 2.75) is 6.92 Å². The lowest BCUT2D eigenvalue weighted by Gasteiger charge is -2.19. The number of nitrogen functional groups attached to an aromatic ring is 1. The molecule has 9 nitrogen and oxygen atoms in total. The lowest BCUT2D eigenvalue weighted by molar-refractivity contribution is 0.0960. The Morgan fingerprint density at radius 3 is 2.82 bits per heavy atom. The van der Waals surface area contributed by atoms with E-state index in [1.807, 2.05) is 6.92 Å². The predicted octanol–water partition coefficient (Wildman–Crippen LogP) is 2.02. The van der Waals surface area contributed by atoms with Crippen molar-refractivity contribution in [2.24, 2.45) is 5.16 Å². The van der Waals surface area contributed by atoms with E-state index in [1.165, 1.54) is 11.3 Å². The van der Waals surface area contributed by atoms with E-state index in [1.54, 1.807) is 24.3 Å². The highest BCUT2D eigenvalue weighted by atomic mass is 32.1. The fourth-order valence-electron chi connectivity index (χ4n) is 2.91. The number of amides is 1. The van der Waals surface area contributed by atoms with E-state index in [0.717, 1.165) is 0 Å². The summed E-state index contributed by atoms with van der Waals surface area (Å²) in [6.45, 7) is 3.27. The van der Waals surface area contributed by atoms with Gasteiger partial charge in [-0.2, -0.15) is 0 Å². The van der Waals surface area contributed by atoms with Crippen LogP contribution in [0.4, 0.5) is 5.95 Å². The van der Waals surface area contributed by atoms with Crippen molar-refractivity contribution < 1.29 is 19.5 Å². The first-order valence-electron chi connectivity index (χ1n) is 8.58. The van der Waals surface area contributed by atoms with Crippen LogP contribution in [0.25, 0.3) is 10.2 Å². The van der Waals surface area contributed by atoms with Crippen LogP contribution in [-0.2, 0) is 0 Å². The molecule has 1 aliphatic rings. The van der Waals surface area contributed by atoms with E-state index in [-0.39, 0.29) is 17.6 Å². The summed E-state index contributed by atoms with van der Waals surface area (Å²) in [7, 11) is 0. The summed E-state index contributed by atoms with van der Waals surface area (Å²) in [6.07, 6.45) is 0. The van der Waals surface area contributed by atoms with Gasteiger partial charge < -0.3 is 25.7 Å². The van der Waals surface area contributed by atoms with Gasteiger partial charge in [0.15, 0.2) is 11.5 Å². The minimum Gasteiger partial charge on any atom is -0.486 e. The Morgan fingerprint density at radius 2 is 2.07 bits per heavy atom. The fraction of sp³-hybridized carbons (Fsp3) is 0.222. The van der Waals surface area contributed by atoms with Gasteiger partial charge in [0.05, 0.1) is 4.88 Å². The van der Waals surface area contributed by atoms with E-state index in [9.17, 15) is 10.0 Å². The van der Waals surface area contributed by atoms with Gasteiger partial charge in [-0.3, -0.25) is 4.79 Å². The van der Waals surface area contributed by atoms with E-state index < -0.39 is 0 Å². The summed E-state index contributed by atoms with van der Waals surface area (Å²) < 4.78 is 11.1. The van der Waals surface area contributed by atoms with Gasteiger partial charge in [0.25, 0.3) is 5.91 Å². The van der Waals surface area contributed by atoms with E-state index >= 15 is 0 Å². The van der Waals surface area contributed by atoms with Crippen LogP contribution in [-0.4, -0.2) is 46.6 Å². The largest absolute Gasteiger partial charge is 0.486 e. The highest BCUT2D eigenvalue weighted by Crippen LogP contribution is 2.33. The summed E-state index contributed by atoms with van der Waals surface area (Å²) >= 11 is 1.20. The Labute approximate surface area is 163 Å². The molecule has 0 aliphatic carbocycles. The average Bonchev–Trinajstić information content (AvgIpc) is 3.13. The molecule has 4 N–H and O–H groups in total. The molecular formula is C18H17N5O4S. The zero-order valence-corrected chi connectivity index (χ0v) is 15.7. The number of nitrogens with one attached hydrogen (secondary N) is 1. The van der Waals surface area contributed by atoms with Crippen LogP contribution in [0.1, 0.15) is 27.9 Å². The molecule has 1 aliphatic heterocycles. The smallest absolute Gasteiger partial charge is 0.261 e. The molecule has 28 heavy (non-hydrogen) atoms. The maximum atomic E-state index is 12.2. The molecule has 1 aromatic carbocycles. The predicted molar refractivity (Wildman–Crippen MR) is 105 cm³/mol. The van der Waals surface area contributed by atoms with Gasteiger partial charge in [-0.05, 0) is 31.2 Å². The fourth-order valence-corrected chi connectivity index (χ4v) is 3.87. The molecule has 4 rings (SSSR count). The number of anilines is 1. The van der Waals surface area contributed by atoms with Gasteiger partial charge in [0.2, 0.25) is 5.95 Å². The number of ether oxygens (including phenoxy) is 2. The first-order valence-corrected chi connectivity index (χ1v) is 9.40. The van der Waals surface area contributed by atoms with Crippen LogP contribution < -0.4 is 20.5 Å². The molecule has 10 heteroatoms. The molecule has 0 fully saturated rings. The van der Waals surface area contributed by atoms with Crippen LogP contribution in [0.3, 0.4) is 0 Å². The van der Waals surface area contributed by atoms with Crippen molar-refractivity contribution in [1.82, 2.24) is 15.3 Å².